The molecule has 0 saturated heterocycles. The topological polar surface area (TPSA) is 50.8 Å². The van der Waals surface area contributed by atoms with E-state index in [1.807, 2.05) is 18.2 Å². The highest BCUT2D eigenvalue weighted by Gasteiger charge is 2.11. The molecular weight excluding hydrogens is 270 g/mol. The second-order valence-electron chi connectivity index (χ2n) is 3.05. The number of rotatable bonds is 2. The minimum atomic E-state index is 0.439. The Morgan fingerprint density at radius 2 is 2.19 bits per heavy atom. The molecule has 1 heterocycles. The highest BCUT2D eigenvalue weighted by Crippen LogP contribution is 2.23. The minimum Gasteiger partial charge on any atom is -0.468 e. The second-order valence-corrected chi connectivity index (χ2v) is 3.86. The van der Waals surface area contributed by atoms with E-state index < -0.39 is 0 Å². The van der Waals surface area contributed by atoms with Crippen LogP contribution in [-0.2, 0) is 0 Å². The molecule has 16 heavy (non-hydrogen) atoms. The molecule has 0 spiro atoms. The maximum atomic E-state index is 9.01. The number of aromatic nitrogens is 2. The SMILES string of the molecule is COc1nc(Br)cn1-c1ccccc1C#N. The van der Waals surface area contributed by atoms with Gasteiger partial charge in [-0.2, -0.15) is 10.2 Å². The molecule has 2 aromatic rings. The molecule has 0 saturated carbocycles. The molecule has 0 unspecified atom stereocenters. The van der Waals surface area contributed by atoms with E-state index in [0.29, 0.717) is 16.2 Å². The molecule has 5 heteroatoms. The normalized spacial score (nSPS) is 9.81. The van der Waals surface area contributed by atoms with E-state index in [0.717, 1.165) is 5.69 Å². The van der Waals surface area contributed by atoms with Crippen molar-refractivity contribution in [1.82, 2.24) is 9.55 Å². The van der Waals surface area contributed by atoms with Crippen LogP contribution in [0.3, 0.4) is 0 Å². The molecule has 0 amide bonds. The number of hydrogen-bond acceptors (Lipinski definition) is 3. The van der Waals surface area contributed by atoms with Crippen LogP contribution in [0.4, 0.5) is 0 Å². The van der Waals surface area contributed by atoms with Crippen LogP contribution < -0.4 is 4.74 Å². The summed E-state index contributed by atoms with van der Waals surface area (Å²) in [5.41, 5.74) is 1.32. The van der Waals surface area contributed by atoms with Crippen LogP contribution in [0.2, 0.25) is 0 Å². The fraction of sp³-hybridized carbons (Fsp3) is 0.0909. The number of imidazole rings is 1. The third-order valence-electron chi connectivity index (χ3n) is 2.11. The summed E-state index contributed by atoms with van der Waals surface area (Å²) in [7, 11) is 1.54. The van der Waals surface area contributed by atoms with Crippen molar-refractivity contribution < 1.29 is 4.74 Å². The predicted octanol–water partition coefficient (Wildman–Crippen LogP) is 2.52. The van der Waals surface area contributed by atoms with E-state index in [2.05, 4.69) is 27.0 Å². The Kier molecular flexibility index (Phi) is 2.93. The average Bonchev–Trinajstić information content (AvgIpc) is 2.70. The Balaban J connectivity index is 2.63. The first-order valence-electron chi connectivity index (χ1n) is 4.54. The summed E-state index contributed by atoms with van der Waals surface area (Å²) < 4.78 is 7.52. The monoisotopic (exact) mass is 277 g/mol. The Morgan fingerprint density at radius 1 is 1.44 bits per heavy atom. The van der Waals surface area contributed by atoms with E-state index in [1.54, 1.807) is 23.9 Å². The third-order valence-corrected chi connectivity index (χ3v) is 2.49. The molecule has 0 bridgehead atoms. The summed E-state index contributed by atoms with van der Waals surface area (Å²) >= 11 is 3.27. The molecule has 2 rings (SSSR count). The number of benzene rings is 1. The molecule has 1 aromatic carbocycles. The molecular formula is C11H8BrN3O. The largest absolute Gasteiger partial charge is 0.468 e. The lowest BCUT2D eigenvalue weighted by Gasteiger charge is -2.07. The van der Waals surface area contributed by atoms with Crippen molar-refractivity contribution in [3.8, 4) is 17.8 Å². The first kappa shape index (κ1) is 10.7. The zero-order valence-corrected chi connectivity index (χ0v) is 10.1. The van der Waals surface area contributed by atoms with Crippen molar-refractivity contribution in [3.05, 3.63) is 40.6 Å². The zero-order valence-electron chi connectivity index (χ0n) is 8.51. The summed E-state index contributed by atoms with van der Waals surface area (Å²) in [6, 6.07) is 9.85. The molecule has 0 aliphatic rings. The van der Waals surface area contributed by atoms with Gasteiger partial charge in [0, 0.05) is 6.20 Å². The van der Waals surface area contributed by atoms with Crippen molar-refractivity contribution in [1.29, 1.82) is 5.26 Å². The number of ether oxygens (including phenoxy) is 1. The Morgan fingerprint density at radius 3 is 2.88 bits per heavy atom. The van der Waals surface area contributed by atoms with Gasteiger partial charge in [0.1, 0.15) is 10.7 Å². The van der Waals surface area contributed by atoms with Crippen LogP contribution >= 0.6 is 15.9 Å². The van der Waals surface area contributed by atoms with Crippen molar-refractivity contribution in [3.63, 3.8) is 0 Å². The highest BCUT2D eigenvalue weighted by atomic mass is 79.9. The number of para-hydroxylation sites is 1. The fourth-order valence-corrected chi connectivity index (χ4v) is 1.79. The van der Waals surface area contributed by atoms with Gasteiger partial charge in [0.15, 0.2) is 0 Å². The van der Waals surface area contributed by atoms with Gasteiger partial charge in [0.2, 0.25) is 0 Å². The molecule has 0 aliphatic carbocycles. The molecule has 0 radical (unpaired) electrons. The van der Waals surface area contributed by atoms with Crippen molar-refractivity contribution in [2.75, 3.05) is 7.11 Å². The number of methoxy groups -OCH3 is 1. The second kappa shape index (κ2) is 4.37. The average molecular weight is 278 g/mol. The number of nitrogens with zero attached hydrogens (tertiary/aromatic N) is 3. The predicted molar refractivity (Wildman–Crippen MR) is 62.5 cm³/mol. The summed E-state index contributed by atoms with van der Waals surface area (Å²) in [4.78, 5) is 4.13. The minimum absolute atomic E-state index is 0.439. The number of halogens is 1. The van der Waals surface area contributed by atoms with Crippen molar-refractivity contribution >= 4 is 15.9 Å². The molecule has 0 aliphatic heterocycles. The van der Waals surface area contributed by atoms with Crippen LogP contribution in [0.1, 0.15) is 5.56 Å². The first-order valence-corrected chi connectivity index (χ1v) is 5.34. The lowest BCUT2D eigenvalue weighted by atomic mass is 10.2. The maximum absolute atomic E-state index is 9.01. The highest BCUT2D eigenvalue weighted by molar-refractivity contribution is 9.10. The smallest absolute Gasteiger partial charge is 0.301 e. The lowest BCUT2D eigenvalue weighted by Crippen LogP contribution is -1.99. The summed E-state index contributed by atoms with van der Waals surface area (Å²) in [5, 5.41) is 9.01. The summed E-state index contributed by atoms with van der Waals surface area (Å²) in [5.74, 6) is 0. The number of hydrogen-bond donors (Lipinski definition) is 0. The van der Waals surface area contributed by atoms with Gasteiger partial charge in [-0.25, -0.2) is 0 Å². The standard InChI is InChI=1S/C11H8BrN3O/c1-16-11-14-10(12)7-15(11)9-5-3-2-4-8(9)6-13/h2-5,7H,1H3. The van der Waals surface area contributed by atoms with Crippen LogP contribution in [0.5, 0.6) is 6.01 Å². The van der Waals surface area contributed by atoms with Gasteiger partial charge in [0.25, 0.3) is 0 Å². The van der Waals surface area contributed by atoms with Crippen molar-refractivity contribution in [2.24, 2.45) is 0 Å². The van der Waals surface area contributed by atoms with Gasteiger partial charge < -0.3 is 4.74 Å². The van der Waals surface area contributed by atoms with Crippen LogP contribution in [0, 0.1) is 11.3 Å². The zero-order chi connectivity index (χ0) is 11.5. The summed E-state index contributed by atoms with van der Waals surface area (Å²) in [6.07, 6.45) is 1.76. The van der Waals surface area contributed by atoms with Crippen LogP contribution in [0.15, 0.2) is 35.1 Å². The first-order chi connectivity index (χ1) is 7.76. The van der Waals surface area contributed by atoms with E-state index in [4.69, 9.17) is 10.00 Å². The molecule has 1 aromatic heterocycles. The summed E-state index contributed by atoms with van der Waals surface area (Å²) in [6.45, 7) is 0. The Labute approximate surface area is 101 Å². The van der Waals surface area contributed by atoms with E-state index >= 15 is 0 Å². The lowest BCUT2D eigenvalue weighted by molar-refractivity contribution is 0.373. The maximum Gasteiger partial charge on any atom is 0.301 e. The van der Waals surface area contributed by atoms with Crippen LogP contribution in [0.25, 0.3) is 5.69 Å². The van der Waals surface area contributed by atoms with Gasteiger partial charge in [0.05, 0.1) is 18.4 Å². The van der Waals surface area contributed by atoms with Crippen LogP contribution in [-0.4, -0.2) is 16.7 Å². The molecule has 0 atom stereocenters. The molecule has 80 valence electrons. The van der Waals surface area contributed by atoms with Crippen molar-refractivity contribution in [2.45, 2.75) is 0 Å². The van der Waals surface area contributed by atoms with Gasteiger partial charge in [-0.15, -0.1) is 0 Å². The molecule has 0 fully saturated rings. The molecule has 4 nitrogen and oxygen atoms in total. The van der Waals surface area contributed by atoms with E-state index in [-0.39, 0.29) is 0 Å². The van der Waals surface area contributed by atoms with Gasteiger partial charge in [-0.3, -0.25) is 4.57 Å². The quantitative estimate of drug-likeness (QED) is 0.848. The Bertz CT molecular complexity index is 557. The molecule has 0 N–H and O–H groups in total. The number of nitriles is 1. The van der Waals surface area contributed by atoms with E-state index in [9.17, 15) is 0 Å². The Hall–Kier alpha value is -1.80. The van der Waals surface area contributed by atoms with E-state index in [1.165, 1.54) is 0 Å². The van der Waals surface area contributed by atoms with Gasteiger partial charge in [-0.05, 0) is 28.1 Å². The van der Waals surface area contributed by atoms with Gasteiger partial charge in [-0.1, -0.05) is 12.1 Å². The third kappa shape index (κ3) is 1.79. The fourth-order valence-electron chi connectivity index (χ4n) is 1.43. The van der Waals surface area contributed by atoms with Gasteiger partial charge >= 0.3 is 6.01 Å².